The van der Waals surface area contributed by atoms with Gasteiger partial charge in [-0.25, -0.2) is 4.98 Å². The van der Waals surface area contributed by atoms with Crippen molar-refractivity contribution in [2.24, 2.45) is 0 Å². The predicted molar refractivity (Wildman–Crippen MR) is 94.6 cm³/mol. The zero-order chi connectivity index (χ0) is 17.2. The maximum Gasteiger partial charge on any atom is 0.255 e. The second kappa shape index (κ2) is 6.45. The van der Waals surface area contributed by atoms with Crippen molar-refractivity contribution in [1.82, 2.24) is 24.8 Å². The number of anilines is 1. The number of benzene rings is 1. The lowest BCUT2D eigenvalue weighted by molar-refractivity contribution is 0.238. The Morgan fingerprint density at radius 2 is 2.04 bits per heavy atom. The van der Waals surface area contributed by atoms with E-state index in [0.717, 1.165) is 35.5 Å². The summed E-state index contributed by atoms with van der Waals surface area (Å²) in [5, 5.41) is 0. The molecule has 0 atom stereocenters. The lowest BCUT2D eigenvalue weighted by Crippen LogP contribution is -2.35. The minimum absolute atomic E-state index is 0.0827. The van der Waals surface area contributed by atoms with Crippen LogP contribution in [0.5, 0.6) is 0 Å². The fraction of sp³-hybridized carbons (Fsp3) is 0.222. The van der Waals surface area contributed by atoms with E-state index in [0.29, 0.717) is 24.6 Å². The normalized spacial score (nSPS) is 14.2. The Bertz CT molecular complexity index is 936. The molecule has 0 bridgehead atoms. The van der Waals surface area contributed by atoms with E-state index in [4.69, 9.17) is 5.73 Å². The van der Waals surface area contributed by atoms with Crippen LogP contribution in [0.25, 0.3) is 11.4 Å². The van der Waals surface area contributed by atoms with Gasteiger partial charge in [-0.2, -0.15) is 0 Å². The van der Waals surface area contributed by atoms with E-state index in [2.05, 4.69) is 24.8 Å². The molecule has 3 heterocycles. The standard InChI is InChI=1S/C18H18N6O/c19-13-3-1-12(2-4-13)17-22-16-5-8-24(11-15(16)18(25)23-17)10-14-9-20-6-7-21-14/h1-4,6-7,9H,5,8,10-11,19H2,(H,22,23,25). The Kier molecular flexibility index (Phi) is 3.99. The number of hydrogen-bond donors (Lipinski definition) is 2. The molecule has 0 saturated heterocycles. The molecular weight excluding hydrogens is 316 g/mol. The molecular formula is C18H18N6O. The van der Waals surface area contributed by atoms with Crippen LogP contribution in [-0.2, 0) is 19.5 Å². The van der Waals surface area contributed by atoms with Gasteiger partial charge in [-0.15, -0.1) is 0 Å². The highest BCUT2D eigenvalue weighted by Gasteiger charge is 2.21. The van der Waals surface area contributed by atoms with E-state index < -0.39 is 0 Å². The minimum atomic E-state index is -0.0827. The molecule has 7 nitrogen and oxygen atoms in total. The largest absolute Gasteiger partial charge is 0.399 e. The lowest BCUT2D eigenvalue weighted by atomic mass is 10.1. The zero-order valence-electron chi connectivity index (χ0n) is 13.6. The Hall–Kier alpha value is -3.06. The van der Waals surface area contributed by atoms with Gasteiger partial charge in [-0.3, -0.25) is 19.7 Å². The molecule has 0 fully saturated rings. The van der Waals surface area contributed by atoms with Gasteiger partial charge in [0.15, 0.2) is 0 Å². The van der Waals surface area contributed by atoms with Crippen LogP contribution in [0.1, 0.15) is 17.0 Å². The maximum absolute atomic E-state index is 12.5. The molecule has 0 radical (unpaired) electrons. The Morgan fingerprint density at radius 1 is 1.20 bits per heavy atom. The summed E-state index contributed by atoms with van der Waals surface area (Å²) in [4.78, 5) is 30.7. The van der Waals surface area contributed by atoms with E-state index in [-0.39, 0.29) is 5.56 Å². The third-order valence-corrected chi connectivity index (χ3v) is 4.33. The SMILES string of the molecule is Nc1ccc(-c2nc3c(c(=O)[nH]2)CN(Cc2cnccn2)CC3)cc1. The van der Waals surface area contributed by atoms with Crippen molar-refractivity contribution >= 4 is 5.69 Å². The third kappa shape index (κ3) is 3.27. The first-order valence-electron chi connectivity index (χ1n) is 8.14. The van der Waals surface area contributed by atoms with Gasteiger partial charge in [0.05, 0.1) is 17.0 Å². The first-order valence-corrected chi connectivity index (χ1v) is 8.14. The third-order valence-electron chi connectivity index (χ3n) is 4.33. The molecule has 1 aromatic carbocycles. The van der Waals surface area contributed by atoms with Gasteiger partial charge in [0.1, 0.15) is 5.82 Å². The molecule has 2 aromatic heterocycles. The predicted octanol–water partition coefficient (Wildman–Crippen LogP) is 1.37. The summed E-state index contributed by atoms with van der Waals surface area (Å²) >= 11 is 0. The molecule has 0 aliphatic carbocycles. The van der Waals surface area contributed by atoms with E-state index >= 15 is 0 Å². The number of nitrogens with one attached hydrogen (secondary N) is 1. The van der Waals surface area contributed by atoms with Crippen LogP contribution < -0.4 is 11.3 Å². The van der Waals surface area contributed by atoms with Crippen molar-refractivity contribution in [3.05, 3.63) is 70.2 Å². The summed E-state index contributed by atoms with van der Waals surface area (Å²) in [6.45, 7) is 2.07. The molecule has 25 heavy (non-hydrogen) atoms. The molecule has 4 rings (SSSR count). The van der Waals surface area contributed by atoms with Gasteiger partial charge in [0.25, 0.3) is 5.56 Å². The van der Waals surface area contributed by atoms with E-state index in [1.54, 1.807) is 30.7 Å². The summed E-state index contributed by atoms with van der Waals surface area (Å²) in [6.07, 6.45) is 5.83. The summed E-state index contributed by atoms with van der Waals surface area (Å²) in [5.74, 6) is 0.589. The first kappa shape index (κ1) is 15.5. The second-order valence-corrected chi connectivity index (χ2v) is 6.12. The van der Waals surface area contributed by atoms with Crippen LogP contribution in [0.15, 0.2) is 47.7 Å². The Labute approximate surface area is 144 Å². The quantitative estimate of drug-likeness (QED) is 0.702. The molecule has 126 valence electrons. The molecule has 1 aliphatic rings. The topological polar surface area (TPSA) is 101 Å². The molecule has 0 spiro atoms. The van der Waals surface area contributed by atoms with Crippen molar-refractivity contribution < 1.29 is 0 Å². The van der Waals surface area contributed by atoms with Crippen molar-refractivity contribution in [2.45, 2.75) is 19.5 Å². The number of nitrogens with two attached hydrogens (primary N) is 1. The Balaban J connectivity index is 1.59. The van der Waals surface area contributed by atoms with Gasteiger partial charge in [0.2, 0.25) is 0 Å². The number of rotatable bonds is 3. The van der Waals surface area contributed by atoms with Crippen LogP contribution >= 0.6 is 0 Å². The maximum atomic E-state index is 12.5. The fourth-order valence-electron chi connectivity index (χ4n) is 3.03. The van der Waals surface area contributed by atoms with Crippen LogP contribution in [0.4, 0.5) is 5.69 Å². The smallest absolute Gasteiger partial charge is 0.255 e. The number of H-pyrrole nitrogens is 1. The Morgan fingerprint density at radius 3 is 2.80 bits per heavy atom. The molecule has 0 unspecified atom stereocenters. The van der Waals surface area contributed by atoms with Crippen molar-refractivity contribution in [2.75, 3.05) is 12.3 Å². The van der Waals surface area contributed by atoms with Crippen molar-refractivity contribution in [3.8, 4) is 11.4 Å². The number of fused-ring (bicyclic) bond motifs is 1. The summed E-state index contributed by atoms with van der Waals surface area (Å²) in [6, 6.07) is 7.33. The average Bonchev–Trinajstić information content (AvgIpc) is 2.63. The van der Waals surface area contributed by atoms with E-state index in [1.807, 2.05) is 12.1 Å². The zero-order valence-corrected chi connectivity index (χ0v) is 13.6. The second-order valence-electron chi connectivity index (χ2n) is 6.12. The molecule has 0 saturated carbocycles. The highest BCUT2D eigenvalue weighted by molar-refractivity contribution is 5.58. The van der Waals surface area contributed by atoms with Crippen LogP contribution in [0, 0.1) is 0 Å². The van der Waals surface area contributed by atoms with Crippen molar-refractivity contribution in [1.29, 1.82) is 0 Å². The van der Waals surface area contributed by atoms with Gasteiger partial charge in [-0.05, 0) is 24.3 Å². The van der Waals surface area contributed by atoms with E-state index in [1.165, 1.54) is 0 Å². The highest BCUT2D eigenvalue weighted by Crippen LogP contribution is 2.20. The van der Waals surface area contributed by atoms with Crippen LogP contribution in [0.2, 0.25) is 0 Å². The number of nitrogens with zero attached hydrogens (tertiary/aromatic N) is 4. The minimum Gasteiger partial charge on any atom is -0.399 e. The number of aromatic amines is 1. The van der Waals surface area contributed by atoms with Crippen molar-refractivity contribution in [3.63, 3.8) is 0 Å². The number of nitrogen functional groups attached to an aromatic ring is 1. The van der Waals surface area contributed by atoms with Gasteiger partial charge >= 0.3 is 0 Å². The highest BCUT2D eigenvalue weighted by atomic mass is 16.1. The molecule has 1 aliphatic heterocycles. The fourth-order valence-corrected chi connectivity index (χ4v) is 3.03. The average molecular weight is 334 g/mol. The van der Waals surface area contributed by atoms with E-state index in [9.17, 15) is 4.79 Å². The first-order chi connectivity index (χ1) is 12.2. The summed E-state index contributed by atoms with van der Waals surface area (Å²) in [7, 11) is 0. The summed E-state index contributed by atoms with van der Waals surface area (Å²) < 4.78 is 0. The number of hydrogen-bond acceptors (Lipinski definition) is 6. The van der Waals surface area contributed by atoms with Gasteiger partial charge in [0, 0.05) is 55.9 Å². The van der Waals surface area contributed by atoms with Crippen LogP contribution in [0.3, 0.4) is 0 Å². The number of aromatic nitrogens is 4. The molecule has 3 aromatic rings. The van der Waals surface area contributed by atoms with Crippen LogP contribution in [-0.4, -0.2) is 31.4 Å². The van der Waals surface area contributed by atoms with Gasteiger partial charge < -0.3 is 10.7 Å². The molecule has 3 N–H and O–H groups in total. The van der Waals surface area contributed by atoms with Gasteiger partial charge in [-0.1, -0.05) is 0 Å². The monoisotopic (exact) mass is 334 g/mol. The molecule has 7 heteroatoms. The molecule has 0 amide bonds. The summed E-state index contributed by atoms with van der Waals surface area (Å²) in [5.41, 5.74) is 9.67. The lowest BCUT2D eigenvalue weighted by Gasteiger charge is -2.27.